The van der Waals surface area contributed by atoms with Gasteiger partial charge in [0.15, 0.2) is 11.5 Å². The van der Waals surface area contributed by atoms with E-state index >= 15 is 0 Å². The van der Waals surface area contributed by atoms with Gasteiger partial charge in [0.25, 0.3) is 11.7 Å². The van der Waals surface area contributed by atoms with Crippen molar-refractivity contribution >= 4 is 5.91 Å². The summed E-state index contributed by atoms with van der Waals surface area (Å²) in [5, 5.41) is 15.6. The van der Waals surface area contributed by atoms with Crippen LogP contribution in [0.4, 0.5) is 0 Å². The Bertz CT molecular complexity index is 614. The normalized spacial score (nSPS) is 14.7. The highest BCUT2D eigenvalue weighted by atomic mass is 16.6. The summed E-state index contributed by atoms with van der Waals surface area (Å²) in [6, 6.07) is 5.36. The number of aromatic amines is 1. The van der Waals surface area contributed by atoms with Crippen LogP contribution in [0.25, 0.3) is 0 Å². The van der Waals surface area contributed by atoms with Gasteiger partial charge in [0.2, 0.25) is 0 Å². The maximum atomic E-state index is 11.8. The number of amides is 1. The van der Waals surface area contributed by atoms with E-state index in [2.05, 4.69) is 25.9 Å². The first kappa shape index (κ1) is 12.4. The summed E-state index contributed by atoms with van der Waals surface area (Å²) in [5.74, 6) is 1.03. The molecule has 0 fully saturated rings. The molecule has 1 amide bonds. The van der Waals surface area contributed by atoms with E-state index in [9.17, 15) is 4.79 Å². The van der Waals surface area contributed by atoms with Crippen molar-refractivity contribution in [2.24, 2.45) is 0 Å². The standard InChI is InChI=1S/C12H13N5O3/c1-7(13-12(18)11-14-16-17-15-11)8-2-3-9-10(6-8)20-5-4-19-9/h2-3,6-7H,4-5H2,1H3,(H,13,18)(H,14,15,16,17). The van der Waals surface area contributed by atoms with Gasteiger partial charge in [-0.3, -0.25) is 4.79 Å². The molecule has 0 saturated heterocycles. The number of H-pyrrole nitrogens is 1. The van der Waals surface area contributed by atoms with Crippen molar-refractivity contribution in [2.45, 2.75) is 13.0 Å². The second-order valence-electron chi connectivity index (χ2n) is 4.33. The molecular weight excluding hydrogens is 262 g/mol. The lowest BCUT2D eigenvalue weighted by Gasteiger charge is -2.20. The molecule has 0 spiro atoms. The maximum Gasteiger partial charge on any atom is 0.293 e. The number of ether oxygens (including phenoxy) is 2. The van der Waals surface area contributed by atoms with Crippen molar-refractivity contribution in [1.29, 1.82) is 0 Å². The molecule has 1 aliphatic rings. The van der Waals surface area contributed by atoms with Crippen molar-refractivity contribution in [3.05, 3.63) is 29.6 Å². The Kier molecular flexibility index (Phi) is 3.20. The second kappa shape index (κ2) is 5.16. The van der Waals surface area contributed by atoms with E-state index in [1.165, 1.54) is 0 Å². The lowest BCUT2D eigenvalue weighted by molar-refractivity contribution is 0.0929. The Labute approximate surface area is 114 Å². The van der Waals surface area contributed by atoms with Crippen LogP contribution in [0, 0.1) is 0 Å². The van der Waals surface area contributed by atoms with Crippen LogP contribution in [0.2, 0.25) is 0 Å². The van der Waals surface area contributed by atoms with Crippen LogP contribution in [0.5, 0.6) is 11.5 Å². The minimum atomic E-state index is -0.388. The van der Waals surface area contributed by atoms with Gasteiger partial charge in [-0.1, -0.05) is 6.07 Å². The molecule has 2 heterocycles. The van der Waals surface area contributed by atoms with E-state index in [0.717, 1.165) is 11.3 Å². The van der Waals surface area contributed by atoms with Gasteiger partial charge in [-0.2, -0.15) is 5.21 Å². The van der Waals surface area contributed by atoms with Gasteiger partial charge in [-0.05, 0) is 29.8 Å². The molecule has 0 aliphatic carbocycles. The molecule has 3 rings (SSSR count). The quantitative estimate of drug-likeness (QED) is 0.843. The molecule has 1 unspecified atom stereocenters. The molecule has 2 aromatic rings. The van der Waals surface area contributed by atoms with Crippen LogP contribution >= 0.6 is 0 Å². The first-order chi connectivity index (χ1) is 9.74. The smallest absolute Gasteiger partial charge is 0.293 e. The molecule has 104 valence electrons. The van der Waals surface area contributed by atoms with E-state index < -0.39 is 0 Å². The zero-order valence-corrected chi connectivity index (χ0v) is 10.8. The summed E-state index contributed by atoms with van der Waals surface area (Å²) in [6.45, 7) is 2.94. The number of carbonyl (C=O) groups excluding carboxylic acids is 1. The van der Waals surface area contributed by atoms with E-state index in [1.807, 2.05) is 25.1 Å². The van der Waals surface area contributed by atoms with Crippen LogP contribution in [0.3, 0.4) is 0 Å². The fourth-order valence-corrected chi connectivity index (χ4v) is 1.93. The second-order valence-corrected chi connectivity index (χ2v) is 4.33. The zero-order chi connectivity index (χ0) is 13.9. The molecule has 1 atom stereocenters. The van der Waals surface area contributed by atoms with E-state index in [4.69, 9.17) is 9.47 Å². The summed E-state index contributed by atoms with van der Waals surface area (Å²) in [5.41, 5.74) is 0.908. The highest BCUT2D eigenvalue weighted by Gasteiger charge is 2.18. The Morgan fingerprint density at radius 3 is 2.90 bits per heavy atom. The van der Waals surface area contributed by atoms with Gasteiger partial charge in [0.05, 0.1) is 6.04 Å². The lowest BCUT2D eigenvalue weighted by atomic mass is 10.1. The van der Waals surface area contributed by atoms with Crippen molar-refractivity contribution in [3.8, 4) is 11.5 Å². The highest BCUT2D eigenvalue weighted by Crippen LogP contribution is 2.32. The third-order valence-corrected chi connectivity index (χ3v) is 2.96. The summed E-state index contributed by atoms with van der Waals surface area (Å²) < 4.78 is 11.0. The Morgan fingerprint density at radius 2 is 2.15 bits per heavy atom. The number of nitrogens with one attached hydrogen (secondary N) is 2. The number of carbonyl (C=O) groups is 1. The Hall–Kier alpha value is -2.64. The largest absolute Gasteiger partial charge is 0.486 e. The van der Waals surface area contributed by atoms with Crippen molar-refractivity contribution in [3.63, 3.8) is 0 Å². The maximum absolute atomic E-state index is 11.8. The number of aromatic nitrogens is 4. The Balaban J connectivity index is 1.74. The van der Waals surface area contributed by atoms with E-state index in [1.54, 1.807) is 0 Å². The number of benzene rings is 1. The van der Waals surface area contributed by atoms with Crippen LogP contribution in [0.15, 0.2) is 18.2 Å². The minimum absolute atomic E-state index is 0.00870. The van der Waals surface area contributed by atoms with Crippen molar-refractivity contribution < 1.29 is 14.3 Å². The third kappa shape index (κ3) is 2.40. The Morgan fingerprint density at radius 1 is 1.35 bits per heavy atom. The zero-order valence-electron chi connectivity index (χ0n) is 10.8. The van der Waals surface area contributed by atoms with E-state index in [0.29, 0.717) is 19.0 Å². The predicted molar refractivity (Wildman–Crippen MR) is 67.5 cm³/mol. The average Bonchev–Trinajstić information content (AvgIpc) is 3.01. The van der Waals surface area contributed by atoms with Gasteiger partial charge < -0.3 is 14.8 Å². The summed E-state index contributed by atoms with van der Waals surface area (Å²) in [6.07, 6.45) is 0. The molecule has 20 heavy (non-hydrogen) atoms. The molecule has 8 nitrogen and oxygen atoms in total. The highest BCUT2D eigenvalue weighted by molar-refractivity contribution is 5.90. The van der Waals surface area contributed by atoms with Crippen LogP contribution < -0.4 is 14.8 Å². The number of tetrazole rings is 1. The molecule has 1 aromatic carbocycles. The third-order valence-electron chi connectivity index (χ3n) is 2.96. The van der Waals surface area contributed by atoms with Gasteiger partial charge in [-0.15, -0.1) is 10.2 Å². The molecule has 0 bridgehead atoms. The first-order valence-electron chi connectivity index (χ1n) is 6.18. The van der Waals surface area contributed by atoms with Crippen LogP contribution in [-0.2, 0) is 0 Å². The average molecular weight is 275 g/mol. The van der Waals surface area contributed by atoms with Crippen molar-refractivity contribution in [1.82, 2.24) is 25.9 Å². The van der Waals surface area contributed by atoms with Gasteiger partial charge in [-0.25, -0.2) is 0 Å². The molecular formula is C12H13N5O3. The van der Waals surface area contributed by atoms with Crippen LogP contribution in [0.1, 0.15) is 29.1 Å². The molecule has 1 aromatic heterocycles. The number of hydrogen-bond acceptors (Lipinski definition) is 6. The van der Waals surface area contributed by atoms with E-state index in [-0.39, 0.29) is 17.8 Å². The molecule has 8 heteroatoms. The molecule has 1 aliphatic heterocycles. The topological polar surface area (TPSA) is 102 Å². The number of nitrogens with zero attached hydrogens (tertiary/aromatic N) is 3. The van der Waals surface area contributed by atoms with Gasteiger partial charge >= 0.3 is 0 Å². The molecule has 0 radical (unpaired) electrons. The predicted octanol–water partition coefficient (Wildman–Crippen LogP) is 0.462. The fraction of sp³-hybridized carbons (Fsp3) is 0.333. The fourth-order valence-electron chi connectivity index (χ4n) is 1.93. The first-order valence-corrected chi connectivity index (χ1v) is 6.18. The number of hydrogen-bond donors (Lipinski definition) is 2. The van der Waals surface area contributed by atoms with Crippen LogP contribution in [-0.4, -0.2) is 39.7 Å². The summed E-state index contributed by atoms with van der Waals surface area (Å²) in [4.78, 5) is 11.8. The molecule has 0 saturated carbocycles. The molecule has 2 N–H and O–H groups in total. The monoisotopic (exact) mass is 275 g/mol. The number of fused-ring (bicyclic) bond motifs is 1. The minimum Gasteiger partial charge on any atom is -0.486 e. The number of rotatable bonds is 3. The summed E-state index contributed by atoms with van der Waals surface area (Å²) >= 11 is 0. The van der Waals surface area contributed by atoms with Crippen molar-refractivity contribution in [2.75, 3.05) is 13.2 Å². The summed E-state index contributed by atoms with van der Waals surface area (Å²) in [7, 11) is 0. The van der Waals surface area contributed by atoms with Gasteiger partial charge in [0, 0.05) is 0 Å². The van der Waals surface area contributed by atoms with Gasteiger partial charge in [0.1, 0.15) is 13.2 Å². The SMILES string of the molecule is CC(NC(=O)c1nn[nH]n1)c1ccc2c(c1)OCCO2. The lowest BCUT2D eigenvalue weighted by Crippen LogP contribution is -2.27.